The Labute approximate surface area is 57.6 Å². The van der Waals surface area contributed by atoms with Gasteiger partial charge in [-0.1, -0.05) is 6.07 Å². The van der Waals surface area contributed by atoms with Crippen molar-refractivity contribution < 1.29 is 4.39 Å². The lowest BCUT2D eigenvalue weighted by atomic mass is 10.3. The molecule has 0 aliphatic heterocycles. The molecular weight excluding hydrogens is 141 g/mol. The predicted octanol–water partition coefficient (Wildman–Crippen LogP) is 2.39. The summed E-state index contributed by atoms with van der Waals surface area (Å²) in [5.41, 5.74) is 0.566. The van der Waals surface area contributed by atoms with Crippen molar-refractivity contribution in [1.29, 1.82) is 0 Å². The van der Waals surface area contributed by atoms with Crippen molar-refractivity contribution in [2.75, 3.05) is 4.84 Å². The lowest BCUT2D eigenvalue weighted by molar-refractivity contribution is 0.628. The third kappa shape index (κ3) is 1.57. The summed E-state index contributed by atoms with van der Waals surface area (Å²) in [4.78, 5) is 2.30. The molecule has 0 atom stereocenters. The fraction of sp³-hybridized carbons (Fsp3) is 0. The van der Waals surface area contributed by atoms with Gasteiger partial charge in [-0.25, -0.2) is 4.39 Å². The zero-order chi connectivity index (χ0) is 6.69. The Balaban J connectivity index is 2.94. The molecule has 0 heterocycles. The SMILES string of the molecule is Fc1cccc(NCl)c1. The summed E-state index contributed by atoms with van der Waals surface area (Å²) in [7, 11) is 0. The van der Waals surface area contributed by atoms with Crippen LogP contribution in [0.25, 0.3) is 0 Å². The molecule has 0 radical (unpaired) electrons. The quantitative estimate of drug-likeness (QED) is 0.599. The Morgan fingerprint density at radius 3 is 2.67 bits per heavy atom. The maximum Gasteiger partial charge on any atom is 0.125 e. The van der Waals surface area contributed by atoms with Crippen LogP contribution in [0.15, 0.2) is 24.3 Å². The first kappa shape index (κ1) is 6.36. The van der Waals surface area contributed by atoms with E-state index in [1.807, 2.05) is 0 Å². The van der Waals surface area contributed by atoms with Crippen LogP contribution in [0.1, 0.15) is 0 Å². The van der Waals surface area contributed by atoms with Crippen molar-refractivity contribution in [2.24, 2.45) is 0 Å². The summed E-state index contributed by atoms with van der Waals surface area (Å²) in [6, 6.07) is 5.93. The molecule has 9 heavy (non-hydrogen) atoms. The Bertz CT molecular complexity index is 202. The van der Waals surface area contributed by atoms with Crippen molar-refractivity contribution in [1.82, 2.24) is 0 Å². The summed E-state index contributed by atoms with van der Waals surface area (Å²) >= 11 is 5.18. The smallest absolute Gasteiger partial charge is 0.125 e. The van der Waals surface area contributed by atoms with Crippen LogP contribution >= 0.6 is 11.8 Å². The van der Waals surface area contributed by atoms with Crippen molar-refractivity contribution >= 4 is 17.5 Å². The Hall–Kier alpha value is -0.760. The number of rotatable bonds is 1. The topological polar surface area (TPSA) is 12.0 Å². The van der Waals surface area contributed by atoms with Crippen molar-refractivity contribution in [2.45, 2.75) is 0 Å². The zero-order valence-corrected chi connectivity index (χ0v) is 5.32. The molecule has 0 spiro atoms. The van der Waals surface area contributed by atoms with Gasteiger partial charge in [0.15, 0.2) is 0 Å². The zero-order valence-electron chi connectivity index (χ0n) is 4.57. The number of hydrogen-bond donors (Lipinski definition) is 1. The number of halogens is 2. The molecule has 1 nitrogen and oxygen atoms in total. The minimum absolute atomic E-state index is 0.291. The average molecular weight is 146 g/mol. The Kier molecular flexibility index (Phi) is 1.90. The highest BCUT2D eigenvalue weighted by Gasteiger charge is 1.89. The molecule has 0 fully saturated rings. The monoisotopic (exact) mass is 145 g/mol. The number of anilines is 1. The second kappa shape index (κ2) is 2.69. The molecule has 0 aromatic heterocycles. The van der Waals surface area contributed by atoms with Gasteiger partial charge in [0.25, 0.3) is 0 Å². The molecule has 0 saturated carbocycles. The molecule has 1 aromatic carbocycles. The van der Waals surface area contributed by atoms with Gasteiger partial charge in [-0.15, -0.1) is 0 Å². The van der Waals surface area contributed by atoms with E-state index < -0.39 is 0 Å². The van der Waals surface area contributed by atoms with Gasteiger partial charge in [-0.2, -0.15) is 0 Å². The van der Waals surface area contributed by atoms with E-state index in [-0.39, 0.29) is 5.82 Å². The molecule has 1 aromatic rings. The van der Waals surface area contributed by atoms with Crippen LogP contribution in [-0.2, 0) is 0 Å². The van der Waals surface area contributed by atoms with Gasteiger partial charge in [0.05, 0.1) is 5.69 Å². The van der Waals surface area contributed by atoms with Crippen LogP contribution < -0.4 is 4.84 Å². The van der Waals surface area contributed by atoms with E-state index in [0.717, 1.165) is 0 Å². The van der Waals surface area contributed by atoms with E-state index >= 15 is 0 Å². The van der Waals surface area contributed by atoms with Crippen molar-refractivity contribution in [3.8, 4) is 0 Å². The van der Waals surface area contributed by atoms with E-state index in [2.05, 4.69) is 4.84 Å². The van der Waals surface area contributed by atoms with Gasteiger partial charge in [0, 0.05) is 11.8 Å². The van der Waals surface area contributed by atoms with E-state index in [4.69, 9.17) is 11.8 Å². The van der Waals surface area contributed by atoms with Crippen LogP contribution in [0.3, 0.4) is 0 Å². The second-order valence-electron chi connectivity index (χ2n) is 1.60. The van der Waals surface area contributed by atoms with Crippen LogP contribution in [0.4, 0.5) is 10.1 Å². The van der Waals surface area contributed by atoms with Gasteiger partial charge in [-0.3, -0.25) is 4.84 Å². The molecule has 0 unspecified atom stereocenters. The third-order valence-corrected chi connectivity index (χ3v) is 1.15. The maximum absolute atomic E-state index is 12.3. The summed E-state index contributed by atoms with van der Waals surface area (Å²) in [5.74, 6) is -0.291. The summed E-state index contributed by atoms with van der Waals surface area (Å²) in [6.07, 6.45) is 0. The summed E-state index contributed by atoms with van der Waals surface area (Å²) in [6.45, 7) is 0. The Morgan fingerprint density at radius 1 is 1.44 bits per heavy atom. The molecule has 1 rings (SSSR count). The van der Waals surface area contributed by atoms with E-state index in [9.17, 15) is 4.39 Å². The molecular formula is C6H5ClFN. The molecule has 48 valence electrons. The first-order valence-electron chi connectivity index (χ1n) is 2.45. The molecule has 0 aliphatic carbocycles. The highest BCUT2D eigenvalue weighted by Crippen LogP contribution is 2.08. The molecule has 0 aliphatic rings. The van der Waals surface area contributed by atoms with Gasteiger partial charge in [-0.05, 0) is 18.2 Å². The van der Waals surface area contributed by atoms with Crippen LogP contribution in [0.2, 0.25) is 0 Å². The summed E-state index contributed by atoms with van der Waals surface area (Å²) in [5, 5.41) is 0. The summed E-state index contributed by atoms with van der Waals surface area (Å²) < 4.78 is 12.3. The van der Waals surface area contributed by atoms with Gasteiger partial charge < -0.3 is 0 Å². The van der Waals surface area contributed by atoms with E-state index in [0.29, 0.717) is 5.69 Å². The molecule has 0 amide bonds. The fourth-order valence-corrected chi connectivity index (χ4v) is 0.665. The van der Waals surface area contributed by atoms with Crippen LogP contribution in [0, 0.1) is 5.82 Å². The normalized spacial score (nSPS) is 9.11. The number of hydrogen-bond acceptors (Lipinski definition) is 1. The molecule has 1 N–H and O–H groups in total. The van der Waals surface area contributed by atoms with Crippen molar-refractivity contribution in [3.05, 3.63) is 30.1 Å². The number of benzene rings is 1. The Morgan fingerprint density at radius 2 is 2.22 bits per heavy atom. The molecule has 3 heteroatoms. The first-order valence-corrected chi connectivity index (χ1v) is 2.83. The highest BCUT2D eigenvalue weighted by atomic mass is 35.5. The lowest BCUT2D eigenvalue weighted by Gasteiger charge is -1.93. The largest absolute Gasteiger partial charge is 0.298 e. The van der Waals surface area contributed by atoms with Gasteiger partial charge >= 0.3 is 0 Å². The minimum atomic E-state index is -0.291. The van der Waals surface area contributed by atoms with Gasteiger partial charge in [0.1, 0.15) is 5.82 Å². The lowest BCUT2D eigenvalue weighted by Crippen LogP contribution is -1.79. The first-order chi connectivity index (χ1) is 4.33. The van der Waals surface area contributed by atoms with Crippen LogP contribution in [0.5, 0.6) is 0 Å². The highest BCUT2D eigenvalue weighted by molar-refractivity contribution is 6.23. The maximum atomic E-state index is 12.3. The standard InChI is InChI=1S/C6H5ClFN/c7-9-6-3-1-2-5(8)4-6/h1-4,9H. The second-order valence-corrected chi connectivity index (χ2v) is 1.79. The fourth-order valence-electron chi connectivity index (χ4n) is 0.547. The average Bonchev–Trinajstić information content (AvgIpc) is 1.88. The van der Waals surface area contributed by atoms with E-state index in [1.54, 1.807) is 12.1 Å². The van der Waals surface area contributed by atoms with Gasteiger partial charge in [0.2, 0.25) is 0 Å². The minimum Gasteiger partial charge on any atom is -0.298 e. The predicted molar refractivity (Wildman–Crippen MR) is 35.9 cm³/mol. The number of nitrogens with one attached hydrogen (secondary N) is 1. The molecule has 0 bridgehead atoms. The molecule has 0 saturated heterocycles. The van der Waals surface area contributed by atoms with Crippen LogP contribution in [-0.4, -0.2) is 0 Å². The van der Waals surface area contributed by atoms with Crippen molar-refractivity contribution in [3.63, 3.8) is 0 Å². The van der Waals surface area contributed by atoms with E-state index in [1.165, 1.54) is 12.1 Å². The third-order valence-electron chi connectivity index (χ3n) is 0.934.